The van der Waals surface area contributed by atoms with E-state index in [0.29, 0.717) is 53.2 Å². The lowest BCUT2D eigenvalue weighted by atomic mass is 9.98. The first-order valence-electron chi connectivity index (χ1n) is 14.8. The first-order valence-corrected chi connectivity index (χ1v) is 14.8. The fraction of sp³-hybridized carbons (Fsp3) is 0.406. The van der Waals surface area contributed by atoms with Crippen molar-refractivity contribution in [2.45, 2.75) is 39.7 Å². The normalized spacial score (nSPS) is 17.8. The van der Waals surface area contributed by atoms with Crippen LogP contribution >= 0.6 is 0 Å². The van der Waals surface area contributed by atoms with Gasteiger partial charge in [0.05, 0.1) is 11.6 Å². The van der Waals surface area contributed by atoms with E-state index in [2.05, 4.69) is 51.2 Å². The first kappa shape index (κ1) is 28.7. The molecule has 1 N–H and O–H groups in total. The minimum absolute atomic E-state index is 0.0297. The Kier molecular flexibility index (Phi) is 7.83. The quantitative estimate of drug-likeness (QED) is 0.347. The van der Waals surface area contributed by atoms with Gasteiger partial charge in [-0.15, -0.1) is 0 Å². The van der Waals surface area contributed by atoms with Crippen molar-refractivity contribution in [1.29, 1.82) is 0 Å². The van der Waals surface area contributed by atoms with Crippen LogP contribution in [0.1, 0.15) is 36.9 Å². The van der Waals surface area contributed by atoms with E-state index in [0.717, 1.165) is 43.9 Å². The average molecular weight is 585 g/mol. The molecular weight excluding hydrogens is 547 g/mol. The molecule has 11 heteroatoms. The van der Waals surface area contributed by atoms with Gasteiger partial charge in [-0.25, -0.2) is 9.97 Å². The summed E-state index contributed by atoms with van der Waals surface area (Å²) in [6.07, 6.45) is 4.55. The van der Waals surface area contributed by atoms with Gasteiger partial charge >= 0.3 is 0 Å². The summed E-state index contributed by atoms with van der Waals surface area (Å²) < 4.78 is 15.8. The van der Waals surface area contributed by atoms with E-state index in [1.807, 2.05) is 13.0 Å². The van der Waals surface area contributed by atoms with Crippen LogP contribution in [-0.2, 0) is 4.79 Å². The fourth-order valence-electron chi connectivity index (χ4n) is 6.35. The molecule has 10 nitrogen and oxygen atoms in total. The number of pyridine rings is 2. The fourth-order valence-corrected chi connectivity index (χ4v) is 6.35. The standard InChI is InChI=1S/C32H37FN8O2/c1-20-16-24(7-8-27(20)39-14-12-38(4)13-15-39)36-32-35-18-26-21(2)29(23-9-10-34-28(33)17-23)31(43)41(30(26)37-32)25-6-5-11-40(19-25)22(3)42/h7-10,16-18,25H,5-6,11-15,19H2,1-4H3,(H,35,36,37)/t25-/m0/s1. The number of aryl methyl sites for hydroxylation is 2. The van der Waals surface area contributed by atoms with Crippen LogP contribution in [0.5, 0.6) is 0 Å². The summed E-state index contributed by atoms with van der Waals surface area (Å²) in [5, 5.41) is 4.03. The number of piperazine rings is 1. The van der Waals surface area contributed by atoms with Gasteiger partial charge in [0, 0.05) is 81.4 Å². The van der Waals surface area contributed by atoms with Crippen molar-refractivity contribution in [3.05, 3.63) is 70.2 Å². The molecule has 0 radical (unpaired) electrons. The van der Waals surface area contributed by atoms with Crippen LogP contribution in [-0.4, -0.2) is 81.5 Å². The summed E-state index contributed by atoms with van der Waals surface area (Å²) in [4.78, 5) is 46.2. The molecule has 224 valence electrons. The highest BCUT2D eigenvalue weighted by Crippen LogP contribution is 2.31. The maximum Gasteiger partial charge on any atom is 0.260 e. The van der Waals surface area contributed by atoms with E-state index in [4.69, 9.17) is 4.98 Å². The van der Waals surface area contributed by atoms with Gasteiger partial charge in [-0.3, -0.25) is 14.2 Å². The maximum atomic E-state index is 14.2. The molecular formula is C32H37FN8O2. The van der Waals surface area contributed by atoms with Crippen molar-refractivity contribution < 1.29 is 9.18 Å². The number of likely N-dealkylation sites (N-methyl/N-ethyl adjacent to an activating group) is 1. The molecule has 2 fully saturated rings. The highest BCUT2D eigenvalue weighted by atomic mass is 19.1. The van der Waals surface area contributed by atoms with E-state index in [1.54, 1.807) is 28.7 Å². The molecule has 0 unspecified atom stereocenters. The highest BCUT2D eigenvalue weighted by molar-refractivity contribution is 5.87. The number of carbonyl (C=O) groups is 1. The third kappa shape index (κ3) is 5.69. The van der Waals surface area contributed by atoms with Crippen molar-refractivity contribution in [2.24, 2.45) is 0 Å². The maximum absolute atomic E-state index is 14.2. The lowest BCUT2D eigenvalue weighted by Crippen LogP contribution is -2.44. The number of nitrogens with zero attached hydrogens (tertiary/aromatic N) is 7. The number of likely N-dealkylation sites (tertiary alicyclic amines) is 1. The lowest BCUT2D eigenvalue weighted by Gasteiger charge is -2.35. The summed E-state index contributed by atoms with van der Waals surface area (Å²) in [6, 6.07) is 8.87. The van der Waals surface area contributed by atoms with Crippen LogP contribution in [0.2, 0.25) is 0 Å². The summed E-state index contributed by atoms with van der Waals surface area (Å²) in [6.45, 7) is 10.6. The Morgan fingerprint density at radius 2 is 1.84 bits per heavy atom. The molecule has 0 spiro atoms. The molecule has 0 saturated carbocycles. The van der Waals surface area contributed by atoms with Gasteiger partial charge in [-0.2, -0.15) is 9.37 Å². The van der Waals surface area contributed by atoms with Crippen molar-refractivity contribution in [3.63, 3.8) is 0 Å². The van der Waals surface area contributed by atoms with Gasteiger partial charge in [0.25, 0.3) is 5.56 Å². The number of hydrogen-bond donors (Lipinski definition) is 1. The van der Waals surface area contributed by atoms with E-state index < -0.39 is 5.95 Å². The van der Waals surface area contributed by atoms with Crippen molar-refractivity contribution in [2.75, 3.05) is 56.5 Å². The Balaban J connectivity index is 1.41. The Labute approximate surface area is 250 Å². The van der Waals surface area contributed by atoms with Crippen LogP contribution in [0.25, 0.3) is 22.2 Å². The number of carbonyl (C=O) groups excluding carboxylic acids is 1. The van der Waals surface area contributed by atoms with Gasteiger partial charge < -0.3 is 20.0 Å². The van der Waals surface area contributed by atoms with Gasteiger partial charge in [0.15, 0.2) is 0 Å². The second-order valence-electron chi connectivity index (χ2n) is 11.7. The van der Waals surface area contributed by atoms with Crippen molar-refractivity contribution >= 4 is 34.3 Å². The van der Waals surface area contributed by atoms with Crippen LogP contribution < -0.4 is 15.8 Å². The van der Waals surface area contributed by atoms with E-state index in [9.17, 15) is 14.0 Å². The molecule has 0 bridgehead atoms. The molecule has 1 atom stereocenters. The number of hydrogen-bond acceptors (Lipinski definition) is 8. The Morgan fingerprint density at radius 3 is 2.56 bits per heavy atom. The molecule has 2 aliphatic heterocycles. The summed E-state index contributed by atoms with van der Waals surface area (Å²) in [5.74, 6) is -0.320. The third-order valence-electron chi connectivity index (χ3n) is 8.73. The molecule has 5 heterocycles. The average Bonchev–Trinajstić information content (AvgIpc) is 2.98. The number of aromatic nitrogens is 4. The van der Waals surface area contributed by atoms with Crippen LogP contribution in [0, 0.1) is 19.8 Å². The number of amides is 1. The third-order valence-corrected chi connectivity index (χ3v) is 8.73. The zero-order chi connectivity index (χ0) is 30.2. The monoisotopic (exact) mass is 584 g/mol. The molecule has 6 rings (SSSR count). The van der Waals surface area contributed by atoms with Crippen LogP contribution in [0.3, 0.4) is 0 Å². The molecule has 2 saturated heterocycles. The second-order valence-corrected chi connectivity index (χ2v) is 11.7. The smallest absolute Gasteiger partial charge is 0.260 e. The van der Waals surface area contributed by atoms with Gasteiger partial charge in [-0.1, -0.05) is 0 Å². The number of anilines is 3. The van der Waals surface area contributed by atoms with Gasteiger partial charge in [0.2, 0.25) is 17.8 Å². The Hall–Kier alpha value is -4.38. The zero-order valence-electron chi connectivity index (χ0n) is 25.1. The SMILES string of the molecule is CC(=O)N1CCC[C@H](n2c(=O)c(-c3ccnc(F)c3)c(C)c3cnc(Nc4ccc(N5CCN(C)CC5)c(C)c4)nc32)C1. The molecule has 0 aliphatic carbocycles. The number of piperidine rings is 1. The molecule has 3 aromatic heterocycles. The summed E-state index contributed by atoms with van der Waals surface area (Å²) >= 11 is 0. The predicted molar refractivity (Wildman–Crippen MR) is 166 cm³/mol. The van der Waals surface area contributed by atoms with Crippen LogP contribution in [0.4, 0.5) is 21.7 Å². The highest BCUT2D eigenvalue weighted by Gasteiger charge is 2.28. The van der Waals surface area contributed by atoms with Crippen LogP contribution in [0.15, 0.2) is 47.5 Å². The second kappa shape index (κ2) is 11.7. The van der Waals surface area contributed by atoms with Gasteiger partial charge in [-0.05, 0) is 74.7 Å². The summed E-state index contributed by atoms with van der Waals surface area (Å²) in [5.41, 5.74) is 4.93. The molecule has 1 amide bonds. The predicted octanol–water partition coefficient (Wildman–Crippen LogP) is 4.29. The number of benzene rings is 1. The largest absolute Gasteiger partial charge is 0.369 e. The number of rotatable bonds is 5. The first-order chi connectivity index (χ1) is 20.7. The lowest BCUT2D eigenvalue weighted by molar-refractivity contribution is -0.130. The van der Waals surface area contributed by atoms with E-state index >= 15 is 0 Å². The number of halogens is 1. The summed E-state index contributed by atoms with van der Waals surface area (Å²) in [7, 11) is 2.15. The molecule has 43 heavy (non-hydrogen) atoms. The van der Waals surface area contributed by atoms with E-state index in [-0.39, 0.29) is 17.5 Å². The van der Waals surface area contributed by atoms with Crippen molar-refractivity contribution in [1.82, 2.24) is 29.3 Å². The minimum atomic E-state index is -0.659. The molecule has 1 aromatic carbocycles. The number of nitrogens with one attached hydrogen (secondary N) is 1. The molecule has 4 aromatic rings. The molecule has 2 aliphatic rings. The van der Waals surface area contributed by atoms with E-state index in [1.165, 1.54) is 18.0 Å². The topological polar surface area (TPSA) is 99.5 Å². The van der Waals surface area contributed by atoms with Crippen molar-refractivity contribution in [3.8, 4) is 11.1 Å². The number of fused-ring (bicyclic) bond motifs is 1. The zero-order valence-corrected chi connectivity index (χ0v) is 25.1. The van der Waals surface area contributed by atoms with Gasteiger partial charge in [0.1, 0.15) is 5.65 Å². The Morgan fingerprint density at radius 1 is 1.05 bits per heavy atom. The minimum Gasteiger partial charge on any atom is -0.369 e. The Bertz CT molecular complexity index is 1750.